The molecule has 0 spiro atoms. The molecule has 2 N–H and O–H groups in total. The van der Waals surface area contributed by atoms with E-state index in [-0.39, 0.29) is 24.2 Å². The van der Waals surface area contributed by atoms with E-state index in [9.17, 15) is 14.7 Å². The van der Waals surface area contributed by atoms with Crippen LogP contribution in [0.25, 0.3) is 10.9 Å². The molecule has 10 heteroatoms. The molecule has 0 unspecified atom stereocenters. The average Bonchev–Trinajstić information content (AvgIpc) is 3.31. The molecular formula is C31H33ClN5O4-. The number of carbonyl (C=O) groups is 2. The highest BCUT2D eigenvalue weighted by Gasteiger charge is 2.21. The molecular weight excluding hydrogens is 542 g/mol. The third-order valence-corrected chi connectivity index (χ3v) is 7.29. The lowest BCUT2D eigenvalue weighted by molar-refractivity contribution is -0.119. The Morgan fingerprint density at radius 1 is 0.976 bits per heavy atom. The Labute approximate surface area is 245 Å². The second-order valence-corrected chi connectivity index (χ2v) is 9.98. The number of H-pyrrole nitrogens is 1. The lowest BCUT2D eigenvalue weighted by atomic mass is 10.00. The summed E-state index contributed by atoms with van der Waals surface area (Å²) in [6, 6.07) is 22.2. The predicted octanol–water partition coefficient (Wildman–Crippen LogP) is 1.04. The second-order valence-electron chi connectivity index (χ2n) is 9.98. The van der Waals surface area contributed by atoms with Crippen LogP contribution in [-0.4, -0.2) is 91.4 Å². The molecule has 3 aromatic carbocycles. The van der Waals surface area contributed by atoms with Gasteiger partial charge < -0.3 is 37.0 Å². The van der Waals surface area contributed by atoms with E-state index in [2.05, 4.69) is 21.8 Å². The van der Waals surface area contributed by atoms with E-state index in [4.69, 9.17) is 9.73 Å². The van der Waals surface area contributed by atoms with Crippen molar-refractivity contribution >= 4 is 39.9 Å². The van der Waals surface area contributed by atoms with E-state index in [1.165, 1.54) is 7.11 Å². The first-order valence-corrected chi connectivity index (χ1v) is 13.2. The molecule has 1 saturated heterocycles. The van der Waals surface area contributed by atoms with Gasteiger partial charge in [-0.2, -0.15) is 0 Å². The van der Waals surface area contributed by atoms with Crippen molar-refractivity contribution in [2.75, 3.05) is 58.8 Å². The van der Waals surface area contributed by atoms with Gasteiger partial charge in [-0.05, 0) is 43.4 Å². The summed E-state index contributed by atoms with van der Waals surface area (Å²) in [6.07, 6.45) is 0. The van der Waals surface area contributed by atoms with Crippen LogP contribution in [-0.2, 0) is 9.53 Å². The first-order valence-electron chi connectivity index (χ1n) is 13.2. The van der Waals surface area contributed by atoms with Gasteiger partial charge >= 0.3 is 5.97 Å². The average molecular weight is 575 g/mol. The van der Waals surface area contributed by atoms with E-state index in [1.54, 1.807) is 30.1 Å². The van der Waals surface area contributed by atoms with Crippen molar-refractivity contribution in [3.63, 3.8) is 0 Å². The van der Waals surface area contributed by atoms with Crippen molar-refractivity contribution in [3.05, 3.63) is 89.5 Å². The molecule has 0 bridgehead atoms. The van der Waals surface area contributed by atoms with Crippen LogP contribution in [0.15, 0.2) is 77.8 Å². The number of aromatic hydroxyl groups is 1. The number of hydrogen-bond acceptors (Lipinski definition) is 7. The van der Waals surface area contributed by atoms with Gasteiger partial charge in [0.05, 0.1) is 36.2 Å². The zero-order valence-electron chi connectivity index (χ0n) is 23.3. The number of amides is 1. The molecule has 1 aromatic heterocycles. The lowest BCUT2D eigenvalue weighted by Gasteiger charge is -2.32. The number of rotatable bonds is 7. The molecule has 4 aromatic rings. The van der Waals surface area contributed by atoms with Crippen LogP contribution in [0.3, 0.4) is 0 Å². The summed E-state index contributed by atoms with van der Waals surface area (Å²) >= 11 is 0. The van der Waals surface area contributed by atoms with Gasteiger partial charge in [-0.25, -0.2) is 9.79 Å². The maximum Gasteiger partial charge on any atom is 0.337 e. The number of ether oxygens (including phenoxy) is 1. The van der Waals surface area contributed by atoms with Crippen LogP contribution in [0.1, 0.15) is 21.5 Å². The molecule has 0 atom stereocenters. The molecule has 1 aliphatic rings. The molecule has 9 nitrogen and oxygen atoms in total. The minimum absolute atomic E-state index is 0. The highest BCUT2D eigenvalue weighted by molar-refractivity contribution is 6.22. The number of carbonyl (C=O) groups excluding carboxylic acids is 2. The topological polar surface area (TPSA) is 101 Å². The number of benzene rings is 3. The van der Waals surface area contributed by atoms with Gasteiger partial charge in [0, 0.05) is 55.4 Å². The third-order valence-electron chi connectivity index (χ3n) is 7.29. The normalized spacial score (nSPS) is 14.5. The molecule has 41 heavy (non-hydrogen) atoms. The third kappa shape index (κ3) is 6.59. The SMILES string of the molecule is COC(=O)c1ccc2c(C(=Nc3ccc(N(C)C(=O)CN4CCN(C)CC4)cc3)c3ccccc3)c(O)[nH]c2c1.[Cl-]. The molecule has 214 valence electrons. The Bertz CT molecular complexity index is 1540. The molecule has 0 saturated carbocycles. The first-order chi connectivity index (χ1) is 19.3. The van der Waals surface area contributed by atoms with Gasteiger partial charge in [0.2, 0.25) is 5.91 Å². The van der Waals surface area contributed by atoms with Crippen LogP contribution >= 0.6 is 0 Å². The van der Waals surface area contributed by atoms with Crippen LogP contribution in [0.5, 0.6) is 5.88 Å². The zero-order valence-corrected chi connectivity index (χ0v) is 24.1. The first kappa shape index (κ1) is 29.8. The zero-order chi connectivity index (χ0) is 28.2. The largest absolute Gasteiger partial charge is 1.00 e. The maximum atomic E-state index is 12.9. The van der Waals surface area contributed by atoms with E-state index in [1.807, 2.05) is 54.6 Å². The summed E-state index contributed by atoms with van der Waals surface area (Å²) in [7, 11) is 5.22. The van der Waals surface area contributed by atoms with Crippen LogP contribution in [0, 0.1) is 0 Å². The number of piperazine rings is 1. The number of esters is 1. The molecule has 0 radical (unpaired) electrons. The monoisotopic (exact) mass is 574 g/mol. The van der Waals surface area contributed by atoms with Crippen LogP contribution in [0.2, 0.25) is 0 Å². The molecule has 1 amide bonds. The highest BCUT2D eigenvalue weighted by Crippen LogP contribution is 2.32. The number of nitrogens with one attached hydrogen (secondary N) is 1. The number of anilines is 1. The molecule has 5 rings (SSSR count). The Morgan fingerprint density at radius 3 is 2.32 bits per heavy atom. The number of fused-ring (bicyclic) bond motifs is 1. The van der Waals surface area contributed by atoms with Crippen molar-refractivity contribution < 1.29 is 31.8 Å². The van der Waals surface area contributed by atoms with E-state index < -0.39 is 5.97 Å². The number of aromatic nitrogens is 1. The van der Waals surface area contributed by atoms with Gasteiger partial charge in [-0.1, -0.05) is 36.4 Å². The standard InChI is InChI=1S/C31H33N5O4.ClH/c1-34-15-17-36(18-16-34)20-27(37)35(2)24-12-10-23(11-13-24)32-29(21-7-5-4-6-8-21)28-25-14-9-22(31(39)40-3)19-26(25)33-30(28)38;/h4-14,19,33,38H,15-18,20H2,1-3H3;1H/p-1. The molecule has 2 heterocycles. The van der Waals surface area contributed by atoms with Gasteiger partial charge in [-0.3, -0.25) is 9.69 Å². The summed E-state index contributed by atoms with van der Waals surface area (Å²) in [4.78, 5) is 39.0. The highest BCUT2D eigenvalue weighted by atomic mass is 35.5. The van der Waals surface area contributed by atoms with Crippen LogP contribution < -0.4 is 17.3 Å². The van der Waals surface area contributed by atoms with Crippen molar-refractivity contribution in [1.29, 1.82) is 0 Å². The molecule has 0 aliphatic carbocycles. The van der Waals surface area contributed by atoms with E-state index >= 15 is 0 Å². The smallest absolute Gasteiger partial charge is 0.337 e. The van der Waals surface area contributed by atoms with Crippen molar-refractivity contribution in [2.45, 2.75) is 0 Å². The Hall–Kier alpha value is -4.18. The second kappa shape index (κ2) is 13.0. The van der Waals surface area contributed by atoms with Crippen molar-refractivity contribution in [3.8, 4) is 5.88 Å². The van der Waals surface area contributed by atoms with Gasteiger partial charge in [0.25, 0.3) is 0 Å². The lowest BCUT2D eigenvalue weighted by Crippen LogP contribution is -3.00. The predicted molar refractivity (Wildman–Crippen MR) is 157 cm³/mol. The minimum atomic E-state index is -0.457. The maximum absolute atomic E-state index is 12.9. The van der Waals surface area contributed by atoms with Gasteiger partial charge in [0.15, 0.2) is 5.88 Å². The summed E-state index contributed by atoms with van der Waals surface area (Å²) in [5.41, 5.74) is 4.34. The van der Waals surface area contributed by atoms with E-state index in [0.29, 0.717) is 34.6 Å². The fourth-order valence-corrected chi connectivity index (χ4v) is 4.86. The number of likely N-dealkylation sites (N-methyl/N-ethyl adjacent to an activating group) is 2. The number of methoxy groups -OCH3 is 1. The molecule has 1 fully saturated rings. The van der Waals surface area contributed by atoms with E-state index in [0.717, 1.165) is 42.8 Å². The number of halogens is 1. The summed E-state index contributed by atoms with van der Waals surface area (Å²) < 4.78 is 4.83. The number of aromatic amines is 1. The fourth-order valence-electron chi connectivity index (χ4n) is 4.86. The Morgan fingerprint density at radius 2 is 1.66 bits per heavy atom. The van der Waals surface area contributed by atoms with Gasteiger partial charge in [0.1, 0.15) is 0 Å². The van der Waals surface area contributed by atoms with Crippen molar-refractivity contribution in [1.82, 2.24) is 14.8 Å². The molecule has 1 aliphatic heterocycles. The van der Waals surface area contributed by atoms with Crippen molar-refractivity contribution in [2.24, 2.45) is 4.99 Å². The number of hydrogen-bond donors (Lipinski definition) is 2. The minimum Gasteiger partial charge on any atom is -1.00 e. The Kier molecular flexibility index (Phi) is 9.44. The summed E-state index contributed by atoms with van der Waals surface area (Å²) in [5, 5.41) is 11.7. The van der Waals surface area contributed by atoms with Crippen LogP contribution in [0.4, 0.5) is 11.4 Å². The quantitative estimate of drug-likeness (QED) is 0.253. The summed E-state index contributed by atoms with van der Waals surface area (Å²) in [6.45, 7) is 4.09. The number of aliphatic imine (C=N–C) groups is 1. The van der Waals surface area contributed by atoms with Gasteiger partial charge in [-0.15, -0.1) is 0 Å². The fraction of sp³-hybridized carbons (Fsp3) is 0.258. The number of nitrogens with zero attached hydrogens (tertiary/aromatic N) is 4. The Balaban J connectivity index is 0.00000387. The summed E-state index contributed by atoms with van der Waals surface area (Å²) in [5.74, 6) is -0.465.